The maximum absolute atomic E-state index is 3.30. The molecule has 0 unspecified atom stereocenters. The van der Waals surface area contributed by atoms with Gasteiger partial charge in [-0.25, -0.2) is 5.57 Å². The fourth-order valence-corrected chi connectivity index (χ4v) is 7.85. The van der Waals surface area contributed by atoms with Crippen LogP contribution in [0.25, 0.3) is 32.7 Å². The van der Waals surface area contributed by atoms with E-state index in [9.17, 15) is 0 Å². The van der Waals surface area contributed by atoms with Gasteiger partial charge in [0.2, 0.25) is 0 Å². The average molecular weight is 741 g/mol. The molecular formula is C44H50Cl2Zr-2. The van der Waals surface area contributed by atoms with Gasteiger partial charge in [0, 0.05) is 10.8 Å². The zero-order valence-corrected chi connectivity index (χ0v) is 34.4. The Balaban J connectivity index is 0.000000228. The molecule has 0 amide bonds. The molecule has 7 rings (SSSR count). The van der Waals surface area contributed by atoms with Gasteiger partial charge in [0.1, 0.15) is 0 Å². The van der Waals surface area contributed by atoms with E-state index >= 15 is 0 Å². The second-order valence-corrected chi connectivity index (χ2v) is 17.4. The van der Waals surface area contributed by atoms with E-state index in [4.69, 9.17) is 0 Å². The Hall–Kier alpha value is -2.18. The maximum atomic E-state index is 3.30. The Morgan fingerprint density at radius 1 is 0.745 bits per heavy atom. The number of allylic oxidation sites excluding steroid dienone is 8. The molecule has 3 aliphatic rings. The molecule has 0 bridgehead atoms. The van der Waals surface area contributed by atoms with Gasteiger partial charge in [0.25, 0.3) is 0 Å². The topological polar surface area (TPSA) is 0 Å². The molecule has 0 saturated heterocycles. The SMILES string of the molecule is CC1=CC(C)(C)c2cc3[cH-]c4cc5c(cc4c3cc21)C(C)=CC5(C)C.CC1=[C-]CC=C1C(C)(C)C.C[C](=[Zr+2])c1ccc(C)cc1.[Cl-].[Cl-]. The number of benzene rings is 3. The van der Waals surface area contributed by atoms with E-state index < -0.39 is 0 Å². The normalized spacial score (nSPS) is 16.6. The van der Waals surface area contributed by atoms with Crippen molar-refractivity contribution in [1.82, 2.24) is 0 Å². The molecule has 0 atom stereocenters. The number of fused-ring (bicyclic) bond motifs is 5. The maximum Gasteiger partial charge on any atom is -1.00 e. The summed E-state index contributed by atoms with van der Waals surface area (Å²) in [4.78, 5) is 0. The van der Waals surface area contributed by atoms with Crippen LogP contribution in [-0.2, 0) is 35.1 Å². The summed E-state index contributed by atoms with van der Waals surface area (Å²) >= 11 is 1.51. The van der Waals surface area contributed by atoms with E-state index in [1.165, 1.54) is 105 Å². The summed E-state index contributed by atoms with van der Waals surface area (Å²) in [6, 6.07) is 20.8. The molecule has 3 heteroatoms. The van der Waals surface area contributed by atoms with Crippen LogP contribution in [-0.4, -0.2) is 3.21 Å². The fourth-order valence-electron chi connectivity index (χ4n) is 7.44. The van der Waals surface area contributed by atoms with E-state index in [0.29, 0.717) is 5.41 Å². The van der Waals surface area contributed by atoms with E-state index in [1.807, 2.05) is 0 Å². The first-order valence-electron chi connectivity index (χ1n) is 16.4. The van der Waals surface area contributed by atoms with Gasteiger partial charge in [-0.2, -0.15) is 11.6 Å². The van der Waals surface area contributed by atoms with Gasteiger partial charge < -0.3 is 24.8 Å². The first kappa shape index (κ1) is 39.3. The quantitative estimate of drug-likeness (QED) is 0.201. The summed E-state index contributed by atoms with van der Waals surface area (Å²) in [5.41, 5.74) is 14.7. The Labute approximate surface area is 312 Å². The van der Waals surface area contributed by atoms with Gasteiger partial charge in [-0.1, -0.05) is 96.2 Å². The molecule has 0 heterocycles. The molecule has 246 valence electrons. The summed E-state index contributed by atoms with van der Waals surface area (Å²) in [6.45, 7) is 26.9. The molecule has 0 spiro atoms. The molecule has 3 aliphatic carbocycles. The van der Waals surface area contributed by atoms with Crippen molar-refractivity contribution < 1.29 is 49.0 Å². The van der Waals surface area contributed by atoms with Crippen molar-refractivity contribution in [3.63, 3.8) is 0 Å². The summed E-state index contributed by atoms with van der Waals surface area (Å²) < 4.78 is 1.46. The van der Waals surface area contributed by atoms with Gasteiger partial charge in [0.05, 0.1) is 0 Å². The third-order valence-corrected chi connectivity index (χ3v) is 10.5. The second kappa shape index (κ2) is 14.4. The number of halogens is 2. The van der Waals surface area contributed by atoms with Crippen molar-refractivity contribution in [2.24, 2.45) is 5.41 Å². The van der Waals surface area contributed by atoms with Gasteiger partial charge in [0.15, 0.2) is 0 Å². The first-order chi connectivity index (χ1) is 20.9. The molecule has 0 fully saturated rings. The molecule has 0 saturated carbocycles. The summed E-state index contributed by atoms with van der Waals surface area (Å²) in [7, 11) is 0. The smallest absolute Gasteiger partial charge is 1.00 e. The largest absolute Gasteiger partial charge is 1.00 e. The third-order valence-electron chi connectivity index (χ3n) is 9.74. The van der Waals surface area contributed by atoms with Crippen molar-refractivity contribution in [2.75, 3.05) is 0 Å². The predicted octanol–water partition coefficient (Wildman–Crippen LogP) is 6.30. The average Bonchev–Trinajstić information content (AvgIpc) is 3.65. The van der Waals surface area contributed by atoms with Crippen LogP contribution in [0.3, 0.4) is 0 Å². The Morgan fingerprint density at radius 3 is 1.53 bits per heavy atom. The van der Waals surface area contributed by atoms with Crippen molar-refractivity contribution in [3.05, 3.63) is 123 Å². The molecule has 0 aromatic heterocycles. The summed E-state index contributed by atoms with van der Waals surface area (Å²) in [5, 5.41) is 5.57. The van der Waals surface area contributed by atoms with Gasteiger partial charge in [-0.3, -0.25) is 6.08 Å². The molecule has 47 heavy (non-hydrogen) atoms. The number of aryl methyl sites for hydroxylation is 1. The molecule has 4 aromatic carbocycles. The third kappa shape index (κ3) is 8.01. The molecule has 0 radical (unpaired) electrons. The van der Waals surface area contributed by atoms with Gasteiger partial charge >= 0.3 is 76.7 Å². The Kier molecular flexibility index (Phi) is 12.0. The van der Waals surface area contributed by atoms with E-state index in [-0.39, 0.29) is 35.6 Å². The van der Waals surface area contributed by atoms with Crippen LogP contribution >= 0.6 is 0 Å². The molecular weight excluding hydrogens is 691 g/mol. The second-order valence-electron chi connectivity index (χ2n) is 15.6. The van der Waals surface area contributed by atoms with Crippen molar-refractivity contribution in [3.8, 4) is 0 Å². The zero-order valence-electron chi connectivity index (χ0n) is 30.4. The minimum Gasteiger partial charge on any atom is -1.00 e. The fraction of sp³-hybridized carbons (Fsp3) is 0.364. The van der Waals surface area contributed by atoms with E-state index in [1.54, 1.807) is 0 Å². The van der Waals surface area contributed by atoms with Crippen molar-refractivity contribution >= 4 is 35.9 Å². The Bertz CT molecular complexity index is 1850. The minimum absolute atomic E-state index is 0. The van der Waals surface area contributed by atoms with Crippen LogP contribution in [0.4, 0.5) is 0 Å². The first-order valence-corrected chi connectivity index (χ1v) is 17.6. The Morgan fingerprint density at radius 2 is 1.19 bits per heavy atom. The van der Waals surface area contributed by atoms with E-state index in [0.717, 1.165) is 6.42 Å². The van der Waals surface area contributed by atoms with Crippen LogP contribution < -0.4 is 24.8 Å². The number of hydrogen-bond acceptors (Lipinski definition) is 0. The molecule has 0 nitrogen and oxygen atoms in total. The molecule has 0 aliphatic heterocycles. The minimum atomic E-state index is 0. The number of hydrogen-bond donors (Lipinski definition) is 0. The van der Waals surface area contributed by atoms with Crippen molar-refractivity contribution in [2.45, 2.75) is 100 Å². The van der Waals surface area contributed by atoms with Gasteiger partial charge in [-0.05, 0) is 36.1 Å². The predicted molar refractivity (Wildman–Crippen MR) is 196 cm³/mol. The van der Waals surface area contributed by atoms with E-state index in [2.05, 4.69) is 162 Å². The van der Waals surface area contributed by atoms with Crippen LogP contribution in [0.15, 0.2) is 84.0 Å². The van der Waals surface area contributed by atoms with Crippen molar-refractivity contribution in [1.29, 1.82) is 0 Å². The van der Waals surface area contributed by atoms with Crippen LogP contribution in [0.1, 0.15) is 116 Å². The standard InChI is InChI=1S/C25H25.C10H15.C9H10.2ClH.Zr/c1-14-12-24(3,4)22-8-16-7-17-9-23-19(15(2)13-25(23,5)6)11-21(17)20(16)10-18(14)22;1-8-6-5-7-9(8)10(2,3)4;1-3-9-6-4-8(2)5-7-9;;;/h7-13H,1-6H3;7H,5H2,1-4H3;4-7H,1-2H3;2*1H;/q2*-1;;;;+2/p-2. The number of rotatable bonds is 1. The monoisotopic (exact) mass is 738 g/mol. The molecule has 0 N–H and O–H groups in total. The van der Waals surface area contributed by atoms with Crippen LogP contribution in [0, 0.1) is 18.4 Å². The van der Waals surface area contributed by atoms with Crippen LogP contribution in [0.2, 0.25) is 0 Å². The molecule has 4 aromatic rings. The van der Waals surface area contributed by atoms with Gasteiger partial charge in [-0.15, -0.1) is 46.2 Å². The summed E-state index contributed by atoms with van der Waals surface area (Å²) in [6.07, 6.45) is 11.4. The zero-order chi connectivity index (χ0) is 33.1. The van der Waals surface area contributed by atoms with Crippen LogP contribution in [0.5, 0.6) is 0 Å². The summed E-state index contributed by atoms with van der Waals surface area (Å²) in [5.74, 6) is 0.